The molecule has 3 N–H and O–H groups in total. The molecule has 1 aromatic rings. The minimum atomic E-state index is -3.44. The molecule has 17 heavy (non-hydrogen) atoms. The van der Waals surface area contributed by atoms with Crippen molar-refractivity contribution in [1.82, 2.24) is 0 Å². The number of sulfonamides is 1. The van der Waals surface area contributed by atoms with Crippen molar-refractivity contribution < 1.29 is 8.42 Å². The van der Waals surface area contributed by atoms with E-state index in [1.807, 2.05) is 12.1 Å². The van der Waals surface area contributed by atoms with Crippen LogP contribution in [0.4, 0.5) is 5.69 Å². The fourth-order valence-electron chi connectivity index (χ4n) is 1.72. The average molecular weight is 256 g/mol. The van der Waals surface area contributed by atoms with Gasteiger partial charge in [0.1, 0.15) is 0 Å². The van der Waals surface area contributed by atoms with E-state index in [0.29, 0.717) is 11.6 Å². The van der Waals surface area contributed by atoms with Crippen molar-refractivity contribution in [2.24, 2.45) is 5.14 Å². The molecule has 0 aromatic heterocycles. The van der Waals surface area contributed by atoms with Gasteiger partial charge >= 0.3 is 0 Å². The van der Waals surface area contributed by atoms with Crippen LogP contribution < -0.4 is 10.5 Å². The van der Waals surface area contributed by atoms with Crippen molar-refractivity contribution >= 4 is 15.7 Å². The minimum absolute atomic E-state index is 0.113. The van der Waals surface area contributed by atoms with Gasteiger partial charge in [0.05, 0.1) is 5.75 Å². The molecule has 0 fully saturated rings. The lowest BCUT2D eigenvalue weighted by Gasteiger charge is -2.14. The van der Waals surface area contributed by atoms with Gasteiger partial charge in [-0.1, -0.05) is 25.5 Å². The Morgan fingerprint density at radius 3 is 2.35 bits per heavy atom. The van der Waals surface area contributed by atoms with Crippen molar-refractivity contribution in [1.29, 1.82) is 0 Å². The maximum absolute atomic E-state index is 10.9. The molecular weight excluding hydrogens is 236 g/mol. The molecule has 1 unspecified atom stereocenters. The summed E-state index contributed by atoms with van der Waals surface area (Å²) in [5.41, 5.74) is 1.71. The van der Waals surface area contributed by atoms with Crippen LogP contribution in [-0.2, 0) is 15.8 Å². The Kier molecular flexibility index (Phi) is 4.96. The van der Waals surface area contributed by atoms with Crippen molar-refractivity contribution in [2.75, 3.05) is 5.32 Å². The summed E-state index contributed by atoms with van der Waals surface area (Å²) in [4.78, 5) is 0. The number of hydrogen-bond acceptors (Lipinski definition) is 3. The molecule has 1 rings (SSSR count). The van der Waals surface area contributed by atoms with Gasteiger partial charge in [0.25, 0.3) is 0 Å². The molecule has 0 heterocycles. The van der Waals surface area contributed by atoms with Gasteiger partial charge in [-0.3, -0.25) is 0 Å². The van der Waals surface area contributed by atoms with Crippen LogP contribution in [0.2, 0.25) is 0 Å². The summed E-state index contributed by atoms with van der Waals surface area (Å²) in [6.07, 6.45) is 2.25. The molecule has 1 atom stereocenters. The number of benzene rings is 1. The second-order valence-electron chi connectivity index (χ2n) is 4.34. The fourth-order valence-corrected chi connectivity index (χ4v) is 2.38. The van der Waals surface area contributed by atoms with Gasteiger partial charge in [-0.05, 0) is 31.0 Å². The Morgan fingerprint density at radius 1 is 1.29 bits per heavy atom. The zero-order valence-corrected chi connectivity index (χ0v) is 11.1. The summed E-state index contributed by atoms with van der Waals surface area (Å²) in [7, 11) is -3.44. The lowest BCUT2D eigenvalue weighted by atomic mass is 10.1. The third-order valence-electron chi connectivity index (χ3n) is 2.46. The second-order valence-corrected chi connectivity index (χ2v) is 5.95. The summed E-state index contributed by atoms with van der Waals surface area (Å²) < 4.78 is 21.8. The SMILES string of the molecule is CCCC(C)Nc1ccc(CS(N)(=O)=O)cc1. The van der Waals surface area contributed by atoms with E-state index in [4.69, 9.17) is 5.14 Å². The molecule has 5 heteroatoms. The van der Waals surface area contributed by atoms with Gasteiger partial charge in [-0.25, -0.2) is 13.6 Å². The molecule has 1 aromatic carbocycles. The smallest absolute Gasteiger partial charge is 0.213 e. The highest BCUT2D eigenvalue weighted by molar-refractivity contribution is 7.88. The molecule has 0 aliphatic rings. The van der Waals surface area contributed by atoms with Crippen LogP contribution in [0, 0.1) is 0 Å². The summed E-state index contributed by atoms with van der Waals surface area (Å²) in [6.45, 7) is 4.27. The summed E-state index contributed by atoms with van der Waals surface area (Å²) in [5, 5.41) is 8.33. The van der Waals surface area contributed by atoms with Crippen molar-refractivity contribution in [2.45, 2.75) is 38.5 Å². The van der Waals surface area contributed by atoms with E-state index in [-0.39, 0.29) is 5.75 Å². The standard InChI is InChI=1S/C12H20N2O2S/c1-3-4-10(2)14-12-7-5-11(6-8-12)9-17(13,15)16/h5-8,10,14H,3-4,9H2,1-2H3,(H2,13,15,16). The number of hydrogen-bond donors (Lipinski definition) is 2. The van der Waals surface area contributed by atoms with Gasteiger partial charge < -0.3 is 5.32 Å². The first-order valence-electron chi connectivity index (χ1n) is 5.76. The second kappa shape index (κ2) is 6.02. The minimum Gasteiger partial charge on any atom is -0.383 e. The number of anilines is 1. The van der Waals surface area contributed by atoms with E-state index in [9.17, 15) is 8.42 Å². The van der Waals surface area contributed by atoms with Gasteiger partial charge in [-0.15, -0.1) is 0 Å². The Bertz CT molecular complexity index is 440. The fraction of sp³-hybridized carbons (Fsp3) is 0.500. The zero-order chi connectivity index (χ0) is 12.9. The largest absolute Gasteiger partial charge is 0.383 e. The normalized spacial score (nSPS) is 13.4. The molecular formula is C12H20N2O2S. The highest BCUT2D eigenvalue weighted by atomic mass is 32.2. The third kappa shape index (κ3) is 5.70. The molecule has 0 saturated carbocycles. The quantitative estimate of drug-likeness (QED) is 0.818. The maximum atomic E-state index is 10.9. The molecule has 0 bridgehead atoms. The molecule has 96 valence electrons. The summed E-state index contributed by atoms with van der Waals surface area (Å²) in [5.74, 6) is -0.113. The van der Waals surface area contributed by atoms with Crippen molar-refractivity contribution in [3.05, 3.63) is 29.8 Å². The van der Waals surface area contributed by atoms with E-state index in [1.54, 1.807) is 12.1 Å². The van der Waals surface area contributed by atoms with Crippen LogP contribution in [0.15, 0.2) is 24.3 Å². The Hall–Kier alpha value is -1.07. The molecule has 0 radical (unpaired) electrons. The Morgan fingerprint density at radius 2 is 1.88 bits per heavy atom. The number of primary sulfonamides is 1. The van der Waals surface area contributed by atoms with Crippen molar-refractivity contribution in [3.8, 4) is 0 Å². The van der Waals surface area contributed by atoms with Gasteiger partial charge in [0, 0.05) is 11.7 Å². The molecule has 0 amide bonds. The third-order valence-corrected chi connectivity index (χ3v) is 3.19. The van der Waals surface area contributed by atoms with Crippen LogP contribution in [0.5, 0.6) is 0 Å². The monoisotopic (exact) mass is 256 g/mol. The number of rotatable bonds is 6. The highest BCUT2D eigenvalue weighted by Gasteiger charge is 2.05. The predicted molar refractivity (Wildman–Crippen MR) is 71.2 cm³/mol. The molecule has 0 saturated heterocycles. The van der Waals surface area contributed by atoms with E-state index < -0.39 is 10.0 Å². The molecule has 0 aliphatic heterocycles. The average Bonchev–Trinajstić information content (AvgIpc) is 2.19. The lowest BCUT2D eigenvalue weighted by molar-refractivity contribution is 0.597. The van der Waals surface area contributed by atoms with Gasteiger partial charge in [0.15, 0.2) is 0 Å². The van der Waals surface area contributed by atoms with Gasteiger partial charge in [-0.2, -0.15) is 0 Å². The van der Waals surface area contributed by atoms with Crippen LogP contribution >= 0.6 is 0 Å². The number of nitrogens with two attached hydrogens (primary N) is 1. The van der Waals surface area contributed by atoms with E-state index in [2.05, 4.69) is 19.2 Å². The zero-order valence-electron chi connectivity index (χ0n) is 10.3. The van der Waals surface area contributed by atoms with Crippen LogP contribution in [0.25, 0.3) is 0 Å². The topological polar surface area (TPSA) is 72.2 Å². The highest BCUT2D eigenvalue weighted by Crippen LogP contribution is 2.13. The van der Waals surface area contributed by atoms with Crippen LogP contribution in [-0.4, -0.2) is 14.5 Å². The van der Waals surface area contributed by atoms with E-state index >= 15 is 0 Å². The predicted octanol–water partition coefficient (Wildman–Crippen LogP) is 2.08. The molecule has 4 nitrogen and oxygen atoms in total. The first-order valence-corrected chi connectivity index (χ1v) is 7.48. The molecule has 0 aliphatic carbocycles. The summed E-state index contributed by atoms with van der Waals surface area (Å²) in [6, 6.07) is 7.75. The first-order chi connectivity index (χ1) is 7.90. The Labute approximate surface area is 103 Å². The van der Waals surface area contributed by atoms with E-state index in [1.165, 1.54) is 0 Å². The lowest BCUT2D eigenvalue weighted by Crippen LogP contribution is -2.15. The summed E-state index contributed by atoms with van der Waals surface area (Å²) >= 11 is 0. The van der Waals surface area contributed by atoms with Crippen molar-refractivity contribution in [3.63, 3.8) is 0 Å². The Balaban J connectivity index is 2.62. The molecule has 0 spiro atoms. The van der Waals surface area contributed by atoms with Crippen LogP contribution in [0.1, 0.15) is 32.3 Å². The van der Waals surface area contributed by atoms with E-state index in [0.717, 1.165) is 18.5 Å². The maximum Gasteiger partial charge on any atom is 0.213 e. The van der Waals surface area contributed by atoms with Gasteiger partial charge in [0.2, 0.25) is 10.0 Å². The number of nitrogens with one attached hydrogen (secondary N) is 1. The van der Waals surface area contributed by atoms with Crippen LogP contribution in [0.3, 0.4) is 0 Å². The first kappa shape index (κ1) is 14.0.